The van der Waals surface area contributed by atoms with Crippen molar-refractivity contribution in [1.29, 1.82) is 0 Å². The van der Waals surface area contributed by atoms with Crippen molar-refractivity contribution in [2.24, 2.45) is 0 Å². The highest BCUT2D eigenvalue weighted by molar-refractivity contribution is 7.92. The Kier molecular flexibility index (Phi) is 10.5. The molecule has 0 heterocycles. The number of halogens is 1. The van der Waals surface area contributed by atoms with Crippen LogP contribution in [0.5, 0.6) is 5.75 Å². The lowest BCUT2D eigenvalue weighted by Gasteiger charge is -2.31. The Morgan fingerprint density at radius 2 is 1.68 bits per heavy atom. The molecule has 0 radical (unpaired) electrons. The Bertz CT molecular complexity index is 1170. The van der Waals surface area contributed by atoms with E-state index in [0.29, 0.717) is 17.0 Å². The average molecular weight is 548 g/mol. The van der Waals surface area contributed by atoms with Crippen LogP contribution in [0.25, 0.3) is 0 Å². The van der Waals surface area contributed by atoms with Gasteiger partial charge in [0.1, 0.15) is 17.6 Å². The molecule has 38 heavy (non-hydrogen) atoms. The highest BCUT2D eigenvalue weighted by Gasteiger charge is 2.28. The smallest absolute Gasteiger partial charge is 0.242 e. The van der Waals surface area contributed by atoms with E-state index in [0.717, 1.165) is 38.4 Å². The van der Waals surface area contributed by atoms with Crippen molar-refractivity contribution < 1.29 is 27.1 Å². The molecule has 2 amide bonds. The molecule has 10 heteroatoms. The van der Waals surface area contributed by atoms with Crippen molar-refractivity contribution in [3.63, 3.8) is 0 Å². The molecule has 0 saturated heterocycles. The lowest BCUT2D eigenvalue weighted by Crippen LogP contribution is -2.50. The Balaban J connectivity index is 1.70. The van der Waals surface area contributed by atoms with Crippen molar-refractivity contribution in [2.75, 3.05) is 24.2 Å². The molecule has 2 aromatic carbocycles. The summed E-state index contributed by atoms with van der Waals surface area (Å²) in [6.45, 7) is 1.94. The standard InChI is InChI=1S/C28H38FN3O5S/c1-21(28(34)30-24-8-5-4-6-9-24)31(20-22-11-13-23(29)14-12-22)27(33)10-7-19-32(38(3,35)36)25-15-17-26(37-2)18-16-25/h11-18,21,24H,4-10,19-20H2,1-3H3,(H,30,34)/t21-/m1/s1. The van der Waals surface area contributed by atoms with Crippen LogP contribution in [-0.4, -0.2) is 57.1 Å². The van der Waals surface area contributed by atoms with E-state index >= 15 is 0 Å². The van der Waals surface area contributed by atoms with Crippen LogP contribution in [0.2, 0.25) is 0 Å². The number of carbonyl (C=O) groups is 2. The van der Waals surface area contributed by atoms with Crippen LogP contribution in [0, 0.1) is 5.82 Å². The van der Waals surface area contributed by atoms with Crippen LogP contribution < -0.4 is 14.4 Å². The Hall–Kier alpha value is -3.14. The van der Waals surface area contributed by atoms with Crippen molar-refractivity contribution in [2.45, 2.75) is 70.5 Å². The average Bonchev–Trinajstić information content (AvgIpc) is 2.90. The van der Waals surface area contributed by atoms with Crippen LogP contribution >= 0.6 is 0 Å². The predicted octanol–water partition coefficient (Wildman–Crippen LogP) is 4.25. The van der Waals surface area contributed by atoms with Gasteiger partial charge in [-0.05, 0) is 68.1 Å². The molecule has 1 fully saturated rings. The number of ether oxygens (including phenoxy) is 1. The second-order valence-electron chi connectivity index (χ2n) is 9.80. The number of nitrogens with zero attached hydrogens (tertiary/aromatic N) is 2. The molecule has 3 rings (SSSR count). The first-order valence-corrected chi connectivity index (χ1v) is 14.9. The van der Waals surface area contributed by atoms with Gasteiger partial charge in [0.2, 0.25) is 21.8 Å². The number of anilines is 1. The lowest BCUT2D eigenvalue weighted by molar-refractivity contribution is -0.141. The molecule has 1 N–H and O–H groups in total. The van der Waals surface area contributed by atoms with Crippen LogP contribution in [0.1, 0.15) is 57.4 Å². The van der Waals surface area contributed by atoms with Gasteiger partial charge in [0.15, 0.2) is 0 Å². The first-order valence-electron chi connectivity index (χ1n) is 13.0. The molecule has 2 aromatic rings. The minimum Gasteiger partial charge on any atom is -0.497 e. The van der Waals surface area contributed by atoms with Crippen molar-refractivity contribution in [3.8, 4) is 5.75 Å². The third-order valence-corrected chi connectivity index (χ3v) is 8.09. The Labute approximate surface area is 225 Å². The van der Waals surface area contributed by atoms with Crippen LogP contribution in [0.15, 0.2) is 48.5 Å². The fourth-order valence-electron chi connectivity index (χ4n) is 4.69. The molecule has 1 aliphatic rings. The summed E-state index contributed by atoms with van der Waals surface area (Å²) in [5, 5.41) is 3.08. The maximum Gasteiger partial charge on any atom is 0.242 e. The first kappa shape index (κ1) is 29.4. The lowest BCUT2D eigenvalue weighted by atomic mass is 9.95. The Morgan fingerprint density at radius 3 is 2.26 bits per heavy atom. The third kappa shape index (κ3) is 8.44. The highest BCUT2D eigenvalue weighted by Crippen LogP contribution is 2.23. The van der Waals surface area contributed by atoms with Crippen LogP contribution in [0.4, 0.5) is 10.1 Å². The van der Waals surface area contributed by atoms with E-state index in [1.165, 1.54) is 28.4 Å². The number of methoxy groups -OCH3 is 1. The van der Waals surface area contributed by atoms with Crippen molar-refractivity contribution in [3.05, 3.63) is 59.9 Å². The fraction of sp³-hybridized carbons (Fsp3) is 0.500. The number of amides is 2. The molecular weight excluding hydrogens is 509 g/mol. The fourth-order valence-corrected chi connectivity index (χ4v) is 5.66. The van der Waals surface area contributed by atoms with Gasteiger partial charge in [0.25, 0.3) is 0 Å². The largest absolute Gasteiger partial charge is 0.497 e. The van der Waals surface area contributed by atoms with E-state index in [1.807, 2.05) is 0 Å². The summed E-state index contributed by atoms with van der Waals surface area (Å²) in [5.41, 5.74) is 1.18. The summed E-state index contributed by atoms with van der Waals surface area (Å²) in [4.78, 5) is 28.0. The predicted molar refractivity (Wildman–Crippen MR) is 146 cm³/mol. The zero-order chi connectivity index (χ0) is 27.7. The minimum absolute atomic E-state index is 0.0460. The summed E-state index contributed by atoms with van der Waals surface area (Å²) in [6, 6.07) is 11.9. The molecule has 208 valence electrons. The van der Waals surface area contributed by atoms with Crippen LogP contribution in [-0.2, 0) is 26.2 Å². The second-order valence-corrected chi connectivity index (χ2v) is 11.7. The van der Waals surface area contributed by atoms with Gasteiger partial charge in [-0.15, -0.1) is 0 Å². The molecule has 1 saturated carbocycles. The number of hydrogen-bond donors (Lipinski definition) is 1. The molecule has 0 aliphatic heterocycles. The maximum atomic E-state index is 13.4. The quantitative estimate of drug-likeness (QED) is 0.429. The second kappa shape index (κ2) is 13.6. The van der Waals surface area contributed by atoms with E-state index in [4.69, 9.17) is 4.74 Å². The number of hydrogen-bond acceptors (Lipinski definition) is 5. The molecule has 1 atom stereocenters. The van der Waals surface area contributed by atoms with E-state index in [9.17, 15) is 22.4 Å². The highest BCUT2D eigenvalue weighted by atomic mass is 32.2. The molecular formula is C28H38FN3O5S. The first-order chi connectivity index (χ1) is 18.1. The molecule has 1 aliphatic carbocycles. The number of carbonyl (C=O) groups excluding carboxylic acids is 2. The van der Waals surface area contributed by atoms with Crippen molar-refractivity contribution >= 4 is 27.5 Å². The van der Waals surface area contributed by atoms with Gasteiger partial charge in [-0.25, -0.2) is 12.8 Å². The maximum absolute atomic E-state index is 13.4. The van der Waals surface area contributed by atoms with Gasteiger partial charge >= 0.3 is 0 Å². The topological polar surface area (TPSA) is 96.0 Å². The zero-order valence-corrected chi connectivity index (χ0v) is 23.2. The van der Waals surface area contributed by atoms with Gasteiger partial charge in [-0.3, -0.25) is 13.9 Å². The molecule has 8 nitrogen and oxygen atoms in total. The molecule has 0 unspecified atom stereocenters. The van der Waals surface area contributed by atoms with Crippen molar-refractivity contribution in [1.82, 2.24) is 10.2 Å². The Morgan fingerprint density at radius 1 is 1.05 bits per heavy atom. The molecule has 0 bridgehead atoms. The van der Waals surface area contributed by atoms with E-state index in [1.54, 1.807) is 43.3 Å². The van der Waals surface area contributed by atoms with Gasteiger partial charge < -0.3 is 15.0 Å². The van der Waals surface area contributed by atoms with E-state index in [-0.39, 0.29) is 49.6 Å². The SMILES string of the molecule is COc1ccc(N(CCCC(=O)N(Cc2ccc(F)cc2)[C@H](C)C(=O)NC2CCCCC2)S(C)(=O)=O)cc1. The van der Waals surface area contributed by atoms with E-state index < -0.39 is 16.1 Å². The molecule has 0 aromatic heterocycles. The third-order valence-electron chi connectivity index (χ3n) is 6.90. The molecule has 0 spiro atoms. The van der Waals surface area contributed by atoms with Gasteiger partial charge in [-0.2, -0.15) is 0 Å². The summed E-state index contributed by atoms with van der Waals surface area (Å²) < 4.78 is 44.8. The minimum atomic E-state index is -3.59. The number of benzene rings is 2. The summed E-state index contributed by atoms with van der Waals surface area (Å²) in [7, 11) is -2.06. The van der Waals surface area contributed by atoms with Gasteiger partial charge in [0.05, 0.1) is 19.1 Å². The monoisotopic (exact) mass is 547 g/mol. The van der Waals surface area contributed by atoms with Crippen LogP contribution in [0.3, 0.4) is 0 Å². The number of nitrogens with one attached hydrogen (secondary N) is 1. The van der Waals surface area contributed by atoms with E-state index in [2.05, 4.69) is 5.32 Å². The summed E-state index contributed by atoms with van der Waals surface area (Å²) in [6.07, 6.45) is 6.59. The normalized spacial score (nSPS) is 14.9. The summed E-state index contributed by atoms with van der Waals surface area (Å²) in [5.74, 6) is -0.268. The van der Waals surface area contributed by atoms with Gasteiger partial charge in [-0.1, -0.05) is 31.4 Å². The summed E-state index contributed by atoms with van der Waals surface area (Å²) >= 11 is 0. The van der Waals surface area contributed by atoms with Gasteiger partial charge in [0, 0.05) is 25.6 Å². The number of rotatable bonds is 12. The number of sulfonamides is 1. The zero-order valence-electron chi connectivity index (χ0n) is 22.4.